The summed E-state index contributed by atoms with van der Waals surface area (Å²) in [7, 11) is 0. The van der Waals surface area contributed by atoms with Crippen molar-refractivity contribution in [3.8, 4) is 15.7 Å². The van der Waals surface area contributed by atoms with Crippen molar-refractivity contribution in [2.24, 2.45) is 0 Å². The Kier molecular flexibility index (Phi) is 5.50. The second-order valence-corrected chi connectivity index (χ2v) is 8.03. The van der Waals surface area contributed by atoms with Crippen molar-refractivity contribution in [1.29, 1.82) is 0 Å². The molecule has 0 saturated heterocycles. The molecule has 0 fully saturated rings. The van der Waals surface area contributed by atoms with Gasteiger partial charge in [-0.05, 0) is 42.1 Å². The molecule has 150 valence electrons. The highest BCUT2D eigenvalue weighted by Gasteiger charge is 2.14. The number of nitrogens with zero attached hydrogens (tertiary/aromatic N) is 4. The van der Waals surface area contributed by atoms with Crippen molar-refractivity contribution in [2.75, 3.05) is 5.32 Å². The molecule has 3 aromatic heterocycles. The number of thiophene rings is 1. The van der Waals surface area contributed by atoms with Gasteiger partial charge in [0.05, 0.1) is 21.2 Å². The largest absolute Gasteiger partial charge is 0.307 e. The lowest BCUT2D eigenvalue weighted by Gasteiger charge is -2.04. The van der Waals surface area contributed by atoms with Crippen LogP contribution in [0, 0.1) is 17.0 Å². The topological polar surface area (TPSA) is 103 Å². The Morgan fingerprint density at radius 2 is 2.03 bits per heavy atom. The van der Waals surface area contributed by atoms with Gasteiger partial charge in [0, 0.05) is 29.7 Å². The third kappa shape index (κ3) is 4.34. The van der Waals surface area contributed by atoms with Crippen molar-refractivity contribution < 1.29 is 9.72 Å². The molecule has 0 spiro atoms. The second kappa shape index (κ2) is 8.39. The smallest absolute Gasteiger partial charge is 0.269 e. The zero-order valence-corrected chi connectivity index (χ0v) is 17.3. The van der Waals surface area contributed by atoms with Crippen LogP contribution in [0.4, 0.5) is 11.5 Å². The number of aromatic nitrogens is 3. The van der Waals surface area contributed by atoms with E-state index in [0.29, 0.717) is 16.5 Å². The van der Waals surface area contributed by atoms with Gasteiger partial charge in [-0.25, -0.2) is 4.98 Å². The van der Waals surface area contributed by atoms with Crippen LogP contribution in [0.25, 0.3) is 21.8 Å². The number of nitro benzene ring substituents is 1. The third-order valence-electron chi connectivity index (χ3n) is 4.06. The number of anilines is 1. The highest BCUT2D eigenvalue weighted by Crippen LogP contribution is 2.29. The predicted octanol–water partition coefficient (Wildman–Crippen LogP) is 4.93. The predicted molar refractivity (Wildman–Crippen MR) is 118 cm³/mol. The summed E-state index contributed by atoms with van der Waals surface area (Å²) in [5, 5.41) is 22.6. The van der Waals surface area contributed by atoms with Crippen LogP contribution in [0.5, 0.6) is 0 Å². The highest BCUT2D eigenvalue weighted by molar-refractivity contribution is 7.15. The zero-order chi connectivity index (χ0) is 21.1. The SMILES string of the molecule is Cc1cc(NC(=O)/C=C\c2ccc([N+](=O)[O-])cc2)n(-c2nc(-c3cccs3)cs2)n1. The maximum atomic E-state index is 12.4. The number of nitro groups is 1. The summed E-state index contributed by atoms with van der Waals surface area (Å²) >= 11 is 3.05. The summed E-state index contributed by atoms with van der Waals surface area (Å²) in [5.41, 5.74) is 2.30. The number of amides is 1. The molecule has 3 heterocycles. The Morgan fingerprint density at radius 3 is 2.73 bits per heavy atom. The van der Waals surface area contributed by atoms with Gasteiger partial charge < -0.3 is 5.32 Å². The van der Waals surface area contributed by atoms with E-state index in [9.17, 15) is 14.9 Å². The Bertz CT molecular complexity index is 1220. The summed E-state index contributed by atoms with van der Waals surface area (Å²) in [6, 6.07) is 11.7. The molecule has 8 nitrogen and oxygen atoms in total. The molecule has 1 aromatic carbocycles. The number of nitrogens with one attached hydrogen (secondary N) is 1. The summed E-state index contributed by atoms with van der Waals surface area (Å²) < 4.78 is 1.61. The lowest BCUT2D eigenvalue weighted by Crippen LogP contribution is -2.12. The number of aryl methyl sites for hydroxylation is 1. The molecule has 1 amide bonds. The van der Waals surface area contributed by atoms with E-state index in [1.54, 1.807) is 40.3 Å². The first-order chi connectivity index (χ1) is 14.5. The molecule has 0 radical (unpaired) electrons. The average Bonchev–Trinajstić information content (AvgIpc) is 3.47. The van der Waals surface area contributed by atoms with Crippen LogP contribution in [-0.4, -0.2) is 25.6 Å². The molecule has 30 heavy (non-hydrogen) atoms. The van der Waals surface area contributed by atoms with Crippen LogP contribution in [-0.2, 0) is 4.79 Å². The monoisotopic (exact) mass is 437 g/mol. The molecule has 0 aliphatic heterocycles. The van der Waals surface area contributed by atoms with Crippen LogP contribution < -0.4 is 5.32 Å². The summed E-state index contributed by atoms with van der Waals surface area (Å²) in [6.45, 7) is 1.84. The number of benzene rings is 1. The zero-order valence-electron chi connectivity index (χ0n) is 15.7. The minimum Gasteiger partial charge on any atom is -0.307 e. The van der Waals surface area contributed by atoms with E-state index in [0.717, 1.165) is 16.3 Å². The van der Waals surface area contributed by atoms with Crippen LogP contribution in [0.2, 0.25) is 0 Å². The number of rotatable bonds is 6. The molecule has 1 N–H and O–H groups in total. The van der Waals surface area contributed by atoms with Gasteiger partial charge >= 0.3 is 0 Å². The van der Waals surface area contributed by atoms with Crippen molar-refractivity contribution in [3.05, 3.63) is 80.7 Å². The van der Waals surface area contributed by atoms with Gasteiger partial charge in [0.1, 0.15) is 5.82 Å². The lowest BCUT2D eigenvalue weighted by molar-refractivity contribution is -0.384. The van der Waals surface area contributed by atoms with E-state index in [2.05, 4.69) is 15.4 Å². The normalized spacial score (nSPS) is 11.1. The third-order valence-corrected chi connectivity index (χ3v) is 5.77. The standard InChI is InChI=1S/C20H15N5O3S2/c1-13-11-18(22-19(26)9-6-14-4-7-15(8-5-14)25(27)28)24(23-13)20-21-16(12-30-20)17-3-2-10-29-17/h2-12H,1H3,(H,22,26)/b9-6-. The molecule has 4 aromatic rings. The lowest BCUT2D eigenvalue weighted by atomic mass is 10.2. The summed E-state index contributed by atoms with van der Waals surface area (Å²) in [5.74, 6) is 0.169. The number of hydrogen-bond donors (Lipinski definition) is 1. The first-order valence-electron chi connectivity index (χ1n) is 8.79. The Hall–Kier alpha value is -3.63. The molecule has 0 saturated carbocycles. The first kappa shape index (κ1) is 19.7. The highest BCUT2D eigenvalue weighted by atomic mass is 32.1. The van der Waals surface area contributed by atoms with E-state index in [1.165, 1.54) is 29.5 Å². The first-order valence-corrected chi connectivity index (χ1v) is 10.6. The maximum absolute atomic E-state index is 12.4. The van der Waals surface area contributed by atoms with E-state index in [4.69, 9.17) is 0 Å². The molecule has 0 bridgehead atoms. The molecule has 0 atom stereocenters. The Balaban J connectivity index is 1.50. The summed E-state index contributed by atoms with van der Waals surface area (Å²) in [6.07, 6.45) is 2.96. The molecule has 0 unspecified atom stereocenters. The van der Waals surface area contributed by atoms with Gasteiger partial charge in [-0.1, -0.05) is 6.07 Å². The number of carbonyl (C=O) groups is 1. The Labute approximate surface area is 179 Å². The average molecular weight is 438 g/mol. The fourth-order valence-corrected chi connectivity index (χ4v) is 4.23. The minimum atomic E-state index is -0.466. The molecule has 0 aliphatic carbocycles. The summed E-state index contributed by atoms with van der Waals surface area (Å²) in [4.78, 5) is 28.3. The Morgan fingerprint density at radius 1 is 1.23 bits per heavy atom. The number of carbonyl (C=O) groups excluding carboxylic acids is 1. The number of hydrogen-bond acceptors (Lipinski definition) is 7. The van der Waals surface area contributed by atoms with Crippen LogP contribution in [0.1, 0.15) is 11.3 Å². The second-order valence-electron chi connectivity index (χ2n) is 6.25. The van der Waals surface area contributed by atoms with E-state index in [1.807, 2.05) is 29.8 Å². The van der Waals surface area contributed by atoms with Crippen molar-refractivity contribution in [3.63, 3.8) is 0 Å². The fraction of sp³-hybridized carbons (Fsp3) is 0.0500. The van der Waals surface area contributed by atoms with Crippen molar-refractivity contribution >= 4 is 46.2 Å². The van der Waals surface area contributed by atoms with Crippen molar-refractivity contribution in [1.82, 2.24) is 14.8 Å². The number of thiazole rings is 1. The van der Waals surface area contributed by atoms with E-state index in [-0.39, 0.29) is 11.6 Å². The molecule has 4 rings (SSSR count). The van der Waals surface area contributed by atoms with E-state index >= 15 is 0 Å². The van der Waals surface area contributed by atoms with Gasteiger partial charge in [0.15, 0.2) is 0 Å². The molecule has 0 aliphatic rings. The van der Waals surface area contributed by atoms with Gasteiger partial charge in [-0.2, -0.15) is 9.78 Å². The van der Waals surface area contributed by atoms with Gasteiger partial charge in [0.25, 0.3) is 5.69 Å². The minimum absolute atomic E-state index is 0.00124. The van der Waals surface area contributed by atoms with Gasteiger partial charge in [-0.15, -0.1) is 22.7 Å². The van der Waals surface area contributed by atoms with Gasteiger partial charge in [-0.3, -0.25) is 14.9 Å². The van der Waals surface area contributed by atoms with E-state index < -0.39 is 4.92 Å². The quantitative estimate of drug-likeness (QED) is 0.262. The molecule has 10 heteroatoms. The fourth-order valence-electron chi connectivity index (χ4n) is 2.68. The van der Waals surface area contributed by atoms with Crippen LogP contribution >= 0.6 is 22.7 Å². The van der Waals surface area contributed by atoms with Crippen LogP contribution in [0.3, 0.4) is 0 Å². The van der Waals surface area contributed by atoms with Crippen LogP contribution in [0.15, 0.2) is 59.3 Å². The molecular weight excluding hydrogens is 422 g/mol. The maximum Gasteiger partial charge on any atom is 0.269 e. The number of non-ortho nitro benzene ring substituents is 1. The molecular formula is C20H15N5O3S2. The van der Waals surface area contributed by atoms with Gasteiger partial charge in [0.2, 0.25) is 11.0 Å². The van der Waals surface area contributed by atoms with Crippen molar-refractivity contribution in [2.45, 2.75) is 6.92 Å².